The second-order valence-electron chi connectivity index (χ2n) is 6.16. The van der Waals surface area contributed by atoms with E-state index >= 15 is 0 Å². The first kappa shape index (κ1) is 12.4. The maximum Gasteiger partial charge on any atom is 0.106 e. The van der Waals surface area contributed by atoms with E-state index in [-0.39, 0.29) is 12.2 Å². The van der Waals surface area contributed by atoms with E-state index < -0.39 is 6.10 Å². The van der Waals surface area contributed by atoms with Gasteiger partial charge in [0, 0.05) is 0 Å². The van der Waals surface area contributed by atoms with Crippen molar-refractivity contribution in [2.45, 2.75) is 50.9 Å². The molecule has 4 rings (SSSR count). The standard InChI is InChI=1S/C18H20O2/c1-11-5-10-16(20-11)18(19)15-9-8-13-7-6-12-3-2-4-14(15)17(12)13/h2-4,8-9,11,16,18-19H,5-7,10H2,1H3. The van der Waals surface area contributed by atoms with Crippen LogP contribution in [-0.4, -0.2) is 17.3 Å². The first-order valence-electron chi connectivity index (χ1n) is 7.61. The van der Waals surface area contributed by atoms with Gasteiger partial charge in [-0.1, -0.05) is 30.3 Å². The molecule has 20 heavy (non-hydrogen) atoms. The number of hydrogen-bond donors (Lipinski definition) is 1. The fourth-order valence-electron chi connectivity index (χ4n) is 3.79. The van der Waals surface area contributed by atoms with E-state index in [1.807, 2.05) is 0 Å². The van der Waals surface area contributed by atoms with Crippen molar-refractivity contribution in [1.29, 1.82) is 0 Å². The van der Waals surface area contributed by atoms with Crippen LogP contribution in [0, 0.1) is 0 Å². The number of benzene rings is 2. The van der Waals surface area contributed by atoms with E-state index in [1.165, 1.54) is 21.9 Å². The first-order valence-corrected chi connectivity index (χ1v) is 7.61. The van der Waals surface area contributed by atoms with Crippen LogP contribution in [0.15, 0.2) is 30.3 Å². The lowest BCUT2D eigenvalue weighted by Crippen LogP contribution is -2.19. The average molecular weight is 268 g/mol. The Hall–Kier alpha value is -1.38. The van der Waals surface area contributed by atoms with Crippen molar-refractivity contribution in [1.82, 2.24) is 0 Å². The van der Waals surface area contributed by atoms with E-state index in [0.29, 0.717) is 0 Å². The Bertz CT molecular complexity index is 652. The van der Waals surface area contributed by atoms with Gasteiger partial charge in [-0.3, -0.25) is 0 Å². The van der Waals surface area contributed by atoms with Gasteiger partial charge in [0.25, 0.3) is 0 Å². The van der Waals surface area contributed by atoms with Crippen LogP contribution in [0.3, 0.4) is 0 Å². The van der Waals surface area contributed by atoms with Gasteiger partial charge in [-0.05, 0) is 60.1 Å². The molecule has 3 atom stereocenters. The van der Waals surface area contributed by atoms with Crippen LogP contribution < -0.4 is 0 Å². The summed E-state index contributed by atoms with van der Waals surface area (Å²) >= 11 is 0. The van der Waals surface area contributed by atoms with Gasteiger partial charge in [0.1, 0.15) is 6.10 Å². The predicted octanol–water partition coefficient (Wildman–Crippen LogP) is 3.54. The fourth-order valence-corrected chi connectivity index (χ4v) is 3.79. The summed E-state index contributed by atoms with van der Waals surface area (Å²) in [6.45, 7) is 2.08. The molecule has 2 aromatic rings. The van der Waals surface area contributed by atoms with Crippen LogP contribution in [0.1, 0.15) is 42.6 Å². The summed E-state index contributed by atoms with van der Waals surface area (Å²) < 4.78 is 5.85. The molecule has 1 heterocycles. The molecule has 1 fully saturated rings. The molecular formula is C18H20O2. The minimum absolute atomic E-state index is 0.0524. The van der Waals surface area contributed by atoms with Crippen molar-refractivity contribution in [2.24, 2.45) is 0 Å². The number of aryl methyl sites for hydroxylation is 2. The highest BCUT2D eigenvalue weighted by atomic mass is 16.5. The summed E-state index contributed by atoms with van der Waals surface area (Å²) in [6.07, 6.45) is 3.96. The van der Waals surface area contributed by atoms with E-state index in [1.54, 1.807) is 0 Å². The smallest absolute Gasteiger partial charge is 0.106 e. The molecular weight excluding hydrogens is 248 g/mol. The summed E-state index contributed by atoms with van der Waals surface area (Å²) in [7, 11) is 0. The second-order valence-corrected chi connectivity index (χ2v) is 6.16. The molecule has 3 unspecified atom stereocenters. The van der Waals surface area contributed by atoms with Gasteiger partial charge in [0.2, 0.25) is 0 Å². The zero-order valence-electron chi connectivity index (χ0n) is 11.8. The number of rotatable bonds is 2. The number of aliphatic hydroxyl groups is 1. The normalized spacial score (nSPS) is 26.3. The molecule has 2 heteroatoms. The summed E-state index contributed by atoms with van der Waals surface area (Å²) in [5, 5.41) is 13.3. The zero-order valence-corrected chi connectivity index (χ0v) is 11.8. The molecule has 1 saturated heterocycles. The van der Waals surface area contributed by atoms with E-state index in [2.05, 4.69) is 37.3 Å². The lowest BCUT2D eigenvalue weighted by atomic mass is 9.94. The zero-order chi connectivity index (χ0) is 13.7. The van der Waals surface area contributed by atoms with Gasteiger partial charge in [-0.25, -0.2) is 0 Å². The summed E-state index contributed by atoms with van der Waals surface area (Å²) in [6, 6.07) is 10.8. The van der Waals surface area contributed by atoms with Crippen molar-refractivity contribution in [3.63, 3.8) is 0 Å². The van der Waals surface area contributed by atoms with E-state index in [0.717, 1.165) is 31.2 Å². The van der Waals surface area contributed by atoms with Gasteiger partial charge >= 0.3 is 0 Å². The predicted molar refractivity (Wildman–Crippen MR) is 79.9 cm³/mol. The summed E-state index contributed by atoms with van der Waals surface area (Å²) in [5.74, 6) is 0. The van der Waals surface area contributed by atoms with Crippen LogP contribution in [0.2, 0.25) is 0 Å². The minimum Gasteiger partial charge on any atom is -0.386 e. The van der Waals surface area contributed by atoms with Crippen LogP contribution in [0.4, 0.5) is 0 Å². The van der Waals surface area contributed by atoms with Crippen LogP contribution in [-0.2, 0) is 17.6 Å². The molecule has 1 N–H and O–H groups in total. The van der Waals surface area contributed by atoms with E-state index in [9.17, 15) is 5.11 Å². The lowest BCUT2D eigenvalue weighted by Gasteiger charge is -2.21. The Morgan fingerprint density at radius 2 is 1.90 bits per heavy atom. The highest BCUT2D eigenvalue weighted by molar-refractivity contribution is 5.93. The third kappa shape index (κ3) is 1.79. The average Bonchev–Trinajstić information content (AvgIpc) is 3.07. The van der Waals surface area contributed by atoms with Crippen LogP contribution in [0.5, 0.6) is 0 Å². The SMILES string of the molecule is CC1CCC(C(O)c2ccc3c4c(cccc24)CC3)O1. The number of hydrogen-bond acceptors (Lipinski definition) is 2. The molecule has 2 aliphatic rings. The van der Waals surface area contributed by atoms with Crippen molar-refractivity contribution in [2.75, 3.05) is 0 Å². The molecule has 0 spiro atoms. The topological polar surface area (TPSA) is 29.5 Å². The quantitative estimate of drug-likeness (QED) is 0.902. The molecule has 0 radical (unpaired) electrons. The Morgan fingerprint density at radius 1 is 1.10 bits per heavy atom. The van der Waals surface area contributed by atoms with Crippen molar-refractivity contribution in [3.05, 3.63) is 47.0 Å². The molecule has 104 valence electrons. The Kier molecular flexibility index (Phi) is 2.83. The largest absolute Gasteiger partial charge is 0.386 e. The van der Waals surface area contributed by atoms with Gasteiger partial charge in [-0.15, -0.1) is 0 Å². The molecule has 1 aliphatic heterocycles. The van der Waals surface area contributed by atoms with Gasteiger partial charge in [0.05, 0.1) is 12.2 Å². The first-order chi connectivity index (χ1) is 9.74. The highest BCUT2D eigenvalue weighted by Gasteiger charge is 2.30. The van der Waals surface area contributed by atoms with Crippen molar-refractivity contribution < 1.29 is 9.84 Å². The maximum absolute atomic E-state index is 10.7. The lowest BCUT2D eigenvalue weighted by molar-refractivity contribution is -0.0291. The highest BCUT2D eigenvalue weighted by Crippen LogP contribution is 2.38. The molecule has 1 aliphatic carbocycles. The third-order valence-corrected chi connectivity index (χ3v) is 4.85. The van der Waals surface area contributed by atoms with Crippen molar-refractivity contribution in [3.8, 4) is 0 Å². The molecule has 2 nitrogen and oxygen atoms in total. The molecule has 2 aromatic carbocycles. The molecule has 0 aromatic heterocycles. The molecule has 0 amide bonds. The summed E-state index contributed by atoms with van der Waals surface area (Å²) in [5.41, 5.74) is 3.88. The number of ether oxygens (including phenoxy) is 1. The Labute approximate surface area is 119 Å². The third-order valence-electron chi connectivity index (χ3n) is 4.85. The monoisotopic (exact) mass is 268 g/mol. The van der Waals surface area contributed by atoms with Crippen LogP contribution in [0.25, 0.3) is 10.8 Å². The maximum atomic E-state index is 10.7. The van der Waals surface area contributed by atoms with Crippen molar-refractivity contribution >= 4 is 10.8 Å². The van der Waals surface area contributed by atoms with E-state index in [4.69, 9.17) is 4.74 Å². The molecule has 0 bridgehead atoms. The van der Waals surface area contributed by atoms with Gasteiger partial charge < -0.3 is 9.84 Å². The van der Waals surface area contributed by atoms with Crippen LogP contribution >= 0.6 is 0 Å². The summed E-state index contributed by atoms with van der Waals surface area (Å²) in [4.78, 5) is 0. The second kappa shape index (κ2) is 4.57. The molecule has 0 saturated carbocycles. The number of aliphatic hydroxyl groups excluding tert-OH is 1. The fraction of sp³-hybridized carbons (Fsp3) is 0.444. The van der Waals surface area contributed by atoms with Gasteiger partial charge in [-0.2, -0.15) is 0 Å². The van der Waals surface area contributed by atoms with Gasteiger partial charge in [0.15, 0.2) is 0 Å². The Morgan fingerprint density at radius 3 is 2.65 bits per heavy atom. The Balaban J connectivity index is 1.81. The minimum atomic E-state index is -0.509.